The lowest BCUT2D eigenvalue weighted by Crippen LogP contribution is -2.42. The van der Waals surface area contributed by atoms with Gasteiger partial charge in [-0.3, -0.25) is 14.5 Å². The van der Waals surface area contributed by atoms with Gasteiger partial charge in [-0.2, -0.15) is 0 Å². The molecule has 0 aliphatic carbocycles. The molecule has 4 amide bonds. The Morgan fingerprint density at radius 2 is 2.09 bits per heavy atom. The standard InChI is InChI=1S/C16H19N3O3/c1-2-5-12-15(21)19(16(22)17-12)10-14(20)18-9-8-11-6-3-4-7-13(11)18/h3-4,6-7,12H,2,5,8-10H2,1H3,(H,17,22). The van der Waals surface area contributed by atoms with Crippen LogP contribution in [0.1, 0.15) is 25.3 Å². The number of nitrogens with zero attached hydrogens (tertiary/aromatic N) is 2. The van der Waals surface area contributed by atoms with E-state index in [0.717, 1.165) is 29.0 Å². The van der Waals surface area contributed by atoms with Crippen molar-refractivity contribution in [3.63, 3.8) is 0 Å². The summed E-state index contributed by atoms with van der Waals surface area (Å²) in [5.74, 6) is -0.515. The number of imide groups is 1. The molecule has 1 N–H and O–H groups in total. The second-order valence-corrected chi connectivity index (χ2v) is 5.64. The molecule has 0 radical (unpaired) electrons. The molecule has 6 nitrogen and oxygen atoms in total. The fourth-order valence-corrected chi connectivity index (χ4v) is 3.03. The Morgan fingerprint density at radius 1 is 1.32 bits per heavy atom. The van der Waals surface area contributed by atoms with Crippen LogP contribution in [-0.2, 0) is 16.0 Å². The number of carbonyl (C=O) groups is 3. The third kappa shape index (κ3) is 2.45. The molecular weight excluding hydrogens is 282 g/mol. The summed E-state index contributed by atoms with van der Waals surface area (Å²) in [5.41, 5.74) is 2.00. The molecular formula is C16H19N3O3. The molecule has 1 saturated heterocycles. The Hall–Kier alpha value is -2.37. The molecule has 2 aliphatic rings. The first kappa shape index (κ1) is 14.6. The summed E-state index contributed by atoms with van der Waals surface area (Å²) in [6.45, 7) is 2.36. The Balaban J connectivity index is 1.70. The van der Waals surface area contributed by atoms with Crippen molar-refractivity contribution in [1.29, 1.82) is 0 Å². The van der Waals surface area contributed by atoms with Crippen molar-refractivity contribution in [2.24, 2.45) is 0 Å². The highest BCUT2D eigenvalue weighted by Crippen LogP contribution is 2.27. The monoisotopic (exact) mass is 301 g/mol. The third-order valence-corrected chi connectivity index (χ3v) is 4.17. The van der Waals surface area contributed by atoms with Crippen molar-refractivity contribution in [1.82, 2.24) is 10.2 Å². The van der Waals surface area contributed by atoms with Crippen molar-refractivity contribution >= 4 is 23.5 Å². The number of amides is 4. The van der Waals surface area contributed by atoms with Gasteiger partial charge in [0.2, 0.25) is 5.91 Å². The first-order valence-corrected chi connectivity index (χ1v) is 7.62. The molecule has 1 aromatic rings. The zero-order valence-corrected chi connectivity index (χ0v) is 12.5. The average Bonchev–Trinajstić information content (AvgIpc) is 3.05. The number of anilines is 1. The van der Waals surface area contributed by atoms with Crippen molar-refractivity contribution in [2.45, 2.75) is 32.2 Å². The highest BCUT2D eigenvalue weighted by atomic mass is 16.2. The van der Waals surface area contributed by atoms with Crippen LogP contribution >= 0.6 is 0 Å². The third-order valence-electron chi connectivity index (χ3n) is 4.17. The van der Waals surface area contributed by atoms with Crippen LogP contribution in [0.15, 0.2) is 24.3 Å². The van der Waals surface area contributed by atoms with Crippen LogP contribution in [0.25, 0.3) is 0 Å². The van der Waals surface area contributed by atoms with Gasteiger partial charge in [-0.15, -0.1) is 0 Å². The van der Waals surface area contributed by atoms with Gasteiger partial charge in [0.15, 0.2) is 0 Å². The molecule has 0 spiro atoms. The molecule has 1 unspecified atom stereocenters. The molecule has 0 saturated carbocycles. The van der Waals surface area contributed by atoms with Gasteiger partial charge in [-0.25, -0.2) is 4.79 Å². The molecule has 0 aromatic heterocycles. The second-order valence-electron chi connectivity index (χ2n) is 5.64. The Morgan fingerprint density at radius 3 is 2.86 bits per heavy atom. The molecule has 3 rings (SSSR count). The second kappa shape index (κ2) is 5.79. The molecule has 0 bridgehead atoms. The zero-order chi connectivity index (χ0) is 15.7. The van der Waals surface area contributed by atoms with Crippen LogP contribution in [0, 0.1) is 0 Å². The van der Waals surface area contributed by atoms with Crippen molar-refractivity contribution < 1.29 is 14.4 Å². The summed E-state index contributed by atoms with van der Waals surface area (Å²) in [4.78, 5) is 39.2. The highest BCUT2D eigenvalue weighted by molar-refractivity contribution is 6.08. The minimum Gasteiger partial charge on any atom is -0.326 e. The normalized spacial score (nSPS) is 20.3. The largest absolute Gasteiger partial charge is 0.326 e. The van der Waals surface area contributed by atoms with E-state index in [2.05, 4.69) is 5.32 Å². The molecule has 22 heavy (non-hydrogen) atoms. The summed E-state index contributed by atoms with van der Waals surface area (Å²) in [6.07, 6.45) is 2.21. The SMILES string of the molecule is CCCC1NC(=O)N(CC(=O)N2CCc3ccccc32)C1=O. The fourth-order valence-electron chi connectivity index (χ4n) is 3.03. The summed E-state index contributed by atoms with van der Waals surface area (Å²) < 4.78 is 0. The smallest absolute Gasteiger partial charge is 0.325 e. The van der Waals surface area contributed by atoms with E-state index in [1.165, 1.54) is 0 Å². The lowest BCUT2D eigenvalue weighted by atomic mass is 10.1. The van der Waals surface area contributed by atoms with Crippen molar-refractivity contribution in [3.8, 4) is 0 Å². The maximum absolute atomic E-state index is 12.5. The fraction of sp³-hybridized carbons (Fsp3) is 0.438. The number of para-hydroxylation sites is 1. The molecule has 2 aliphatic heterocycles. The quantitative estimate of drug-likeness (QED) is 0.852. The Bertz CT molecular complexity index is 629. The minimum atomic E-state index is -0.490. The van der Waals surface area contributed by atoms with Gasteiger partial charge in [0, 0.05) is 12.2 Å². The van der Waals surface area contributed by atoms with Gasteiger partial charge in [0.1, 0.15) is 12.6 Å². The maximum Gasteiger partial charge on any atom is 0.325 e. The molecule has 1 atom stereocenters. The van der Waals surface area contributed by atoms with E-state index in [1.54, 1.807) is 4.90 Å². The topological polar surface area (TPSA) is 69.7 Å². The number of hydrogen-bond donors (Lipinski definition) is 1. The highest BCUT2D eigenvalue weighted by Gasteiger charge is 2.39. The minimum absolute atomic E-state index is 0.195. The summed E-state index contributed by atoms with van der Waals surface area (Å²) in [7, 11) is 0. The first-order chi connectivity index (χ1) is 10.6. The van der Waals surface area contributed by atoms with E-state index in [1.807, 2.05) is 31.2 Å². The van der Waals surface area contributed by atoms with Crippen LogP contribution in [0.2, 0.25) is 0 Å². The van der Waals surface area contributed by atoms with Gasteiger partial charge in [-0.05, 0) is 24.5 Å². The van der Waals surface area contributed by atoms with Crippen LogP contribution in [0.4, 0.5) is 10.5 Å². The number of carbonyl (C=O) groups excluding carboxylic acids is 3. The first-order valence-electron chi connectivity index (χ1n) is 7.62. The van der Waals surface area contributed by atoms with E-state index in [9.17, 15) is 14.4 Å². The molecule has 6 heteroatoms. The molecule has 2 heterocycles. The molecule has 1 fully saturated rings. The van der Waals surface area contributed by atoms with E-state index >= 15 is 0 Å². The summed E-state index contributed by atoms with van der Waals surface area (Å²) in [6, 6.07) is 6.76. The van der Waals surface area contributed by atoms with E-state index < -0.39 is 12.1 Å². The molecule has 1 aromatic carbocycles. The average molecular weight is 301 g/mol. The zero-order valence-electron chi connectivity index (χ0n) is 12.5. The van der Waals surface area contributed by atoms with Gasteiger partial charge < -0.3 is 10.2 Å². The number of rotatable bonds is 4. The summed E-state index contributed by atoms with van der Waals surface area (Å²) in [5, 5.41) is 2.64. The number of nitrogens with one attached hydrogen (secondary N) is 1. The number of fused-ring (bicyclic) bond motifs is 1. The van der Waals surface area contributed by atoms with E-state index in [-0.39, 0.29) is 18.4 Å². The van der Waals surface area contributed by atoms with Gasteiger partial charge >= 0.3 is 6.03 Å². The van der Waals surface area contributed by atoms with Crippen LogP contribution in [0.3, 0.4) is 0 Å². The number of benzene rings is 1. The lowest BCUT2D eigenvalue weighted by molar-refractivity contribution is -0.131. The van der Waals surface area contributed by atoms with Crippen LogP contribution in [-0.4, -0.2) is 41.9 Å². The summed E-state index contributed by atoms with van der Waals surface area (Å²) >= 11 is 0. The van der Waals surface area contributed by atoms with E-state index in [4.69, 9.17) is 0 Å². The van der Waals surface area contributed by atoms with Crippen molar-refractivity contribution in [2.75, 3.05) is 18.0 Å². The lowest BCUT2D eigenvalue weighted by Gasteiger charge is -2.20. The van der Waals surface area contributed by atoms with Crippen molar-refractivity contribution in [3.05, 3.63) is 29.8 Å². The van der Waals surface area contributed by atoms with Crippen LogP contribution < -0.4 is 10.2 Å². The van der Waals surface area contributed by atoms with E-state index in [0.29, 0.717) is 13.0 Å². The van der Waals surface area contributed by atoms with Gasteiger partial charge in [0.05, 0.1) is 0 Å². The predicted molar refractivity (Wildman–Crippen MR) is 81.4 cm³/mol. The van der Waals surface area contributed by atoms with Gasteiger partial charge in [0.25, 0.3) is 5.91 Å². The Kier molecular flexibility index (Phi) is 3.83. The maximum atomic E-state index is 12.5. The molecule has 116 valence electrons. The predicted octanol–water partition coefficient (Wildman–Crippen LogP) is 1.30. The Labute approximate surface area is 129 Å². The van der Waals surface area contributed by atoms with Gasteiger partial charge in [-0.1, -0.05) is 31.5 Å². The van der Waals surface area contributed by atoms with Crippen LogP contribution in [0.5, 0.6) is 0 Å². The number of hydrogen-bond acceptors (Lipinski definition) is 3. The number of urea groups is 1.